The minimum Gasteiger partial charge on any atom is -0.379 e. The monoisotopic (exact) mass is 339 g/mol. The van der Waals surface area contributed by atoms with Gasteiger partial charge in [0.05, 0.1) is 17.9 Å². The summed E-state index contributed by atoms with van der Waals surface area (Å²) in [6, 6.07) is 6.30. The van der Waals surface area contributed by atoms with Gasteiger partial charge < -0.3 is 5.32 Å². The Balaban J connectivity index is 2.19. The number of rotatable bonds is 4. The molecule has 1 aromatic carbocycles. The zero-order valence-electron chi connectivity index (χ0n) is 11.2. The number of nitrogens with one attached hydrogen (secondary N) is 1. The van der Waals surface area contributed by atoms with Gasteiger partial charge in [0.25, 0.3) is 5.56 Å². The van der Waals surface area contributed by atoms with Crippen LogP contribution in [0.3, 0.4) is 0 Å². The Morgan fingerprint density at radius 2 is 2.20 bits per heavy atom. The molecule has 1 N–H and O–H groups in total. The highest BCUT2D eigenvalue weighted by molar-refractivity contribution is 9.10. The van der Waals surface area contributed by atoms with Crippen molar-refractivity contribution in [1.82, 2.24) is 9.78 Å². The van der Waals surface area contributed by atoms with Gasteiger partial charge in [0, 0.05) is 6.54 Å². The number of hydrogen-bond acceptors (Lipinski definition) is 3. The molecular formula is C14H15BrFN3O. The Morgan fingerprint density at radius 3 is 2.85 bits per heavy atom. The van der Waals surface area contributed by atoms with Crippen LogP contribution in [0.2, 0.25) is 0 Å². The number of benzene rings is 1. The third kappa shape index (κ3) is 3.25. The van der Waals surface area contributed by atoms with E-state index >= 15 is 0 Å². The summed E-state index contributed by atoms with van der Waals surface area (Å²) in [5, 5.41) is 7.18. The van der Waals surface area contributed by atoms with Crippen molar-refractivity contribution in [3.05, 3.63) is 56.7 Å². The van der Waals surface area contributed by atoms with Crippen molar-refractivity contribution in [3.63, 3.8) is 0 Å². The Morgan fingerprint density at radius 1 is 1.45 bits per heavy atom. The lowest BCUT2D eigenvalue weighted by Crippen LogP contribution is -2.26. The second-order valence-electron chi connectivity index (χ2n) is 4.70. The van der Waals surface area contributed by atoms with Crippen molar-refractivity contribution >= 4 is 21.6 Å². The smallest absolute Gasteiger partial charge is 0.283 e. The maximum absolute atomic E-state index is 13.1. The van der Waals surface area contributed by atoms with E-state index in [4.69, 9.17) is 0 Å². The highest BCUT2D eigenvalue weighted by Gasteiger charge is 2.10. The SMILES string of the molecule is CC(C)n1ncc(NCc2cccc(F)c2)c(Br)c1=O. The van der Waals surface area contributed by atoms with Crippen LogP contribution < -0.4 is 10.9 Å². The van der Waals surface area contributed by atoms with Crippen LogP contribution in [-0.2, 0) is 6.54 Å². The van der Waals surface area contributed by atoms with Crippen molar-refractivity contribution in [2.45, 2.75) is 26.4 Å². The summed E-state index contributed by atoms with van der Waals surface area (Å²) in [7, 11) is 0. The summed E-state index contributed by atoms with van der Waals surface area (Å²) >= 11 is 3.28. The van der Waals surface area contributed by atoms with E-state index in [1.807, 2.05) is 19.9 Å². The molecule has 20 heavy (non-hydrogen) atoms. The second kappa shape index (κ2) is 6.17. The number of halogens is 2. The molecule has 0 spiro atoms. The number of hydrogen-bond donors (Lipinski definition) is 1. The van der Waals surface area contributed by atoms with Crippen LogP contribution in [0.15, 0.2) is 39.7 Å². The van der Waals surface area contributed by atoms with E-state index < -0.39 is 0 Å². The fraction of sp³-hybridized carbons (Fsp3) is 0.286. The van der Waals surface area contributed by atoms with Gasteiger partial charge in [-0.05, 0) is 47.5 Å². The lowest BCUT2D eigenvalue weighted by atomic mass is 10.2. The van der Waals surface area contributed by atoms with Crippen LogP contribution in [0.4, 0.5) is 10.1 Å². The Bertz CT molecular complexity index is 670. The molecule has 0 bridgehead atoms. The summed E-state index contributed by atoms with van der Waals surface area (Å²) in [5.74, 6) is -0.281. The topological polar surface area (TPSA) is 46.9 Å². The molecule has 2 rings (SSSR count). The average Bonchev–Trinajstić information content (AvgIpc) is 2.40. The number of nitrogens with zero attached hydrogens (tertiary/aromatic N) is 2. The molecule has 0 fully saturated rings. The number of aromatic nitrogens is 2. The van der Waals surface area contributed by atoms with Gasteiger partial charge in [0.15, 0.2) is 0 Å². The molecule has 0 radical (unpaired) electrons. The summed E-state index contributed by atoms with van der Waals surface area (Å²) < 4.78 is 14.9. The molecule has 106 valence electrons. The van der Waals surface area contributed by atoms with Crippen LogP contribution in [0.5, 0.6) is 0 Å². The standard InChI is InChI=1S/C14H15BrFN3O/c1-9(2)19-14(20)13(15)12(8-18-19)17-7-10-4-3-5-11(16)6-10/h3-6,8-9,17H,7H2,1-2H3. The molecule has 2 aromatic rings. The summed E-state index contributed by atoms with van der Waals surface area (Å²) in [5.41, 5.74) is 1.20. The molecule has 0 saturated heterocycles. The predicted molar refractivity (Wildman–Crippen MR) is 80.3 cm³/mol. The number of anilines is 1. The lowest BCUT2D eigenvalue weighted by Gasteiger charge is -2.12. The molecule has 0 aliphatic heterocycles. The first-order valence-corrected chi connectivity index (χ1v) is 7.04. The second-order valence-corrected chi connectivity index (χ2v) is 5.49. The largest absolute Gasteiger partial charge is 0.379 e. The molecule has 0 unspecified atom stereocenters. The van der Waals surface area contributed by atoms with Gasteiger partial charge in [-0.3, -0.25) is 4.79 Å². The maximum Gasteiger partial charge on any atom is 0.283 e. The molecule has 6 heteroatoms. The van der Waals surface area contributed by atoms with E-state index in [0.717, 1.165) is 5.56 Å². The van der Waals surface area contributed by atoms with Crippen molar-refractivity contribution in [2.75, 3.05) is 5.32 Å². The molecule has 1 aromatic heterocycles. The van der Waals surface area contributed by atoms with Crippen LogP contribution in [0, 0.1) is 5.82 Å². The first-order valence-electron chi connectivity index (χ1n) is 6.24. The minimum atomic E-state index is -0.281. The van der Waals surface area contributed by atoms with Crippen LogP contribution in [0.25, 0.3) is 0 Å². The van der Waals surface area contributed by atoms with Crippen molar-refractivity contribution in [1.29, 1.82) is 0 Å². The van der Waals surface area contributed by atoms with Gasteiger partial charge in [-0.25, -0.2) is 9.07 Å². The van der Waals surface area contributed by atoms with Gasteiger partial charge >= 0.3 is 0 Å². The van der Waals surface area contributed by atoms with Gasteiger partial charge in [-0.1, -0.05) is 12.1 Å². The highest BCUT2D eigenvalue weighted by Crippen LogP contribution is 2.18. The molecule has 0 saturated carbocycles. The molecule has 4 nitrogen and oxygen atoms in total. The lowest BCUT2D eigenvalue weighted by molar-refractivity contribution is 0.501. The van der Waals surface area contributed by atoms with E-state index in [1.165, 1.54) is 16.8 Å². The molecule has 0 aliphatic rings. The van der Waals surface area contributed by atoms with Gasteiger partial charge in [0.2, 0.25) is 0 Å². The van der Waals surface area contributed by atoms with E-state index in [1.54, 1.807) is 12.3 Å². The summed E-state index contributed by atoms with van der Waals surface area (Å²) in [6.45, 7) is 4.20. The fourth-order valence-electron chi connectivity index (χ4n) is 1.78. The van der Waals surface area contributed by atoms with Crippen LogP contribution >= 0.6 is 15.9 Å². The van der Waals surface area contributed by atoms with E-state index in [-0.39, 0.29) is 17.4 Å². The Labute approximate surface area is 124 Å². The first kappa shape index (κ1) is 14.7. The van der Waals surface area contributed by atoms with E-state index in [9.17, 15) is 9.18 Å². The van der Waals surface area contributed by atoms with Crippen molar-refractivity contribution in [3.8, 4) is 0 Å². The van der Waals surface area contributed by atoms with Crippen molar-refractivity contribution in [2.24, 2.45) is 0 Å². The molecule has 1 heterocycles. The quantitative estimate of drug-likeness (QED) is 0.929. The normalized spacial score (nSPS) is 10.8. The highest BCUT2D eigenvalue weighted by atomic mass is 79.9. The minimum absolute atomic E-state index is 0.00364. The fourth-order valence-corrected chi connectivity index (χ4v) is 2.20. The maximum atomic E-state index is 13.1. The third-order valence-corrected chi connectivity index (χ3v) is 3.57. The van der Waals surface area contributed by atoms with Gasteiger partial charge in [-0.2, -0.15) is 5.10 Å². The van der Waals surface area contributed by atoms with Crippen LogP contribution in [-0.4, -0.2) is 9.78 Å². The third-order valence-electron chi connectivity index (χ3n) is 2.80. The predicted octanol–water partition coefficient (Wildman–Crippen LogP) is 3.34. The Kier molecular flexibility index (Phi) is 4.54. The van der Waals surface area contributed by atoms with E-state index in [0.29, 0.717) is 16.7 Å². The first-order chi connectivity index (χ1) is 9.49. The van der Waals surface area contributed by atoms with Crippen molar-refractivity contribution < 1.29 is 4.39 Å². The molecule has 0 atom stereocenters. The zero-order valence-corrected chi connectivity index (χ0v) is 12.8. The molecule has 0 aliphatic carbocycles. The summed E-state index contributed by atoms with van der Waals surface area (Å²) in [4.78, 5) is 12.1. The average molecular weight is 340 g/mol. The van der Waals surface area contributed by atoms with E-state index in [2.05, 4.69) is 26.3 Å². The summed E-state index contributed by atoms with van der Waals surface area (Å²) in [6.07, 6.45) is 1.59. The zero-order chi connectivity index (χ0) is 14.7. The molecule has 0 amide bonds. The Hall–Kier alpha value is -1.69. The van der Waals surface area contributed by atoms with Crippen LogP contribution in [0.1, 0.15) is 25.5 Å². The van der Waals surface area contributed by atoms with Gasteiger partial charge in [0.1, 0.15) is 10.3 Å². The molecular weight excluding hydrogens is 325 g/mol. The van der Waals surface area contributed by atoms with Gasteiger partial charge in [-0.15, -0.1) is 0 Å².